The Hall–Kier alpha value is -2.77. The molecule has 4 rings (SSSR count). The molecule has 0 bridgehead atoms. The van der Waals surface area contributed by atoms with Crippen LogP contribution in [0.1, 0.15) is 23.9 Å². The largest absolute Gasteiger partial charge is 0.493 e. The summed E-state index contributed by atoms with van der Waals surface area (Å²) in [5.74, 6) is -3.17. The second-order valence-electron chi connectivity index (χ2n) is 5.63. The molecule has 2 aromatic rings. The summed E-state index contributed by atoms with van der Waals surface area (Å²) < 4.78 is 41.7. The average Bonchev–Trinajstić information content (AvgIpc) is 2.59. The number of nitrogens with zero attached hydrogens (tertiary/aromatic N) is 3. The van der Waals surface area contributed by atoms with Gasteiger partial charge in [-0.2, -0.15) is 8.78 Å². The Morgan fingerprint density at radius 2 is 1.88 bits per heavy atom. The van der Waals surface area contributed by atoms with Crippen molar-refractivity contribution in [2.24, 2.45) is 10.7 Å². The smallest absolute Gasteiger partial charge is 0.320 e. The minimum atomic E-state index is -3.41. The van der Waals surface area contributed by atoms with Gasteiger partial charge in [-0.25, -0.2) is 15.0 Å². The fraction of sp³-hybridized carbons (Fsp3) is 0.312. The molecular weight excluding hydrogens is 318 g/mol. The lowest BCUT2D eigenvalue weighted by molar-refractivity contribution is -0.181. The normalized spacial score (nSPS) is 27.6. The highest BCUT2D eigenvalue weighted by atomic mass is 19.3. The second-order valence-corrected chi connectivity index (χ2v) is 5.63. The second kappa shape index (κ2) is 5.12. The molecule has 2 atom stereocenters. The molecule has 2 aliphatic heterocycles. The number of aromatic nitrogens is 2. The number of para-hydroxylation sites is 1. The van der Waals surface area contributed by atoms with Crippen LogP contribution in [0, 0.1) is 0 Å². The quantitative estimate of drug-likeness (QED) is 0.865. The maximum absolute atomic E-state index is 15.5. The molecule has 2 N–H and O–H groups in total. The van der Waals surface area contributed by atoms with Crippen LogP contribution in [0.25, 0.3) is 0 Å². The van der Waals surface area contributed by atoms with Crippen molar-refractivity contribution in [3.63, 3.8) is 0 Å². The summed E-state index contributed by atoms with van der Waals surface area (Å²) in [5, 5.41) is 0. The van der Waals surface area contributed by atoms with E-state index in [9.17, 15) is 0 Å². The Bertz CT molecular complexity index is 800. The summed E-state index contributed by atoms with van der Waals surface area (Å²) in [6.45, 7) is 0.103. The topological polar surface area (TPSA) is 82.6 Å². The highest BCUT2D eigenvalue weighted by Gasteiger charge is 2.66. The molecular formula is C16H14F2N4O2. The molecule has 24 heavy (non-hydrogen) atoms. The van der Waals surface area contributed by atoms with Gasteiger partial charge in [-0.15, -0.1) is 0 Å². The SMILES string of the molecule is NC1=N[C@@]2(CCOc3ccccc32)C(F)(F)C(c2ncccn2)O1. The van der Waals surface area contributed by atoms with E-state index in [1.807, 2.05) is 0 Å². The summed E-state index contributed by atoms with van der Waals surface area (Å²) in [5.41, 5.74) is 4.16. The van der Waals surface area contributed by atoms with Crippen LogP contribution in [0.4, 0.5) is 8.78 Å². The van der Waals surface area contributed by atoms with Gasteiger partial charge in [-0.3, -0.25) is 0 Å². The van der Waals surface area contributed by atoms with Crippen LogP contribution in [0.15, 0.2) is 47.7 Å². The monoisotopic (exact) mass is 332 g/mol. The third kappa shape index (κ3) is 1.95. The molecule has 1 unspecified atom stereocenters. The zero-order valence-electron chi connectivity index (χ0n) is 12.5. The van der Waals surface area contributed by atoms with Crippen LogP contribution in [-0.2, 0) is 10.3 Å². The number of rotatable bonds is 1. The third-order valence-corrected chi connectivity index (χ3v) is 4.29. The molecule has 0 saturated carbocycles. The van der Waals surface area contributed by atoms with E-state index in [0.29, 0.717) is 5.75 Å². The van der Waals surface area contributed by atoms with E-state index in [4.69, 9.17) is 15.2 Å². The number of ether oxygens (including phenoxy) is 2. The van der Waals surface area contributed by atoms with Crippen LogP contribution < -0.4 is 10.5 Å². The molecule has 0 saturated heterocycles. The molecule has 0 aliphatic carbocycles. The van der Waals surface area contributed by atoms with E-state index in [2.05, 4.69) is 15.0 Å². The first-order chi connectivity index (χ1) is 11.5. The molecule has 3 heterocycles. The highest BCUT2D eigenvalue weighted by Crippen LogP contribution is 2.56. The fourth-order valence-electron chi connectivity index (χ4n) is 3.20. The van der Waals surface area contributed by atoms with E-state index in [-0.39, 0.29) is 30.4 Å². The minimum absolute atomic E-state index is 0.0234. The van der Waals surface area contributed by atoms with Crippen molar-refractivity contribution >= 4 is 6.02 Å². The van der Waals surface area contributed by atoms with Gasteiger partial charge in [-0.05, 0) is 12.1 Å². The Morgan fingerprint density at radius 3 is 2.67 bits per heavy atom. The third-order valence-electron chi connectivity index (χ3n) is 4.29. The van der Waals surface area contributed by atoms with E-state index in [1.54, 1.807) is 30.3 Å². The number of nitrogens with two attached hydrogens (primary N) is 1. The van der Waals surface area contributed by atoms with Crippen LogP contribution in [0.3, 0.4) is 0 Å². The number of alkyl halides is 2. The van der Waals surface area contributed by atoms with Gasteiger partial charge in [0.05, 0.1) is 6.61 Å². The maximum atomic E-state index is 15.5. The zero-order chi connectivity index (χ0) is 16.8. The first-order valence-corrected chi connectivity index (χ1v) is 7.44. The molecule has 8 heteroatoms. The molecule has 2 aliphatic rings. The van der Waals surface area contributed by atoms with Gasteiger partial charge in [0.2, 0.25) is 6.10 Å². The average molecular weight is 332 g/mol. The van der Waals surface area contributed by atoms with Crippen LogP contribution in [-0.4, -0.2) is 28.5 Å². The number of hydrogen-bond donors (Lipinski definition) is 1. The van der Waals surface area contributed by atoms with Gasteiger partial charge < -0.3 is 15.2 Å². The Labute approximate surface area is 136 Å². The first kappa shape index (κ1) is 14.8. The molecule has 1 aromatic carbocycles. The number of fused-ring (bicyclic) bond motifs is 2. The van der Waals surface area contributed by atoms with Crippen molar-refractivity contribution in [2.75, 3.05) is 6.61 Å². The van der Waals surface area contributed by atoms with E-state index in [1.165, 1.54) is 12.4 Å². The van der Waals surface area contributed by atoms with Gasteiger partial charge in [0.15, 0.2) is 11.4 Å². The fourth-order valence-corrected chi connectivity index (χ4v) is 3.20. The predicted octanol–water partition coefficient (Wildman–Crippen LogP) is 2.18. The van der Waals surface area contributed by atoms with Gasteiger partial charge in [0.1, 0.15) is 5.75 Å². The van der Waals surface area contributed by atoms with Crippen molar-refractivity contribution in [3.8, 4) is 5.75 Å². The summed E-state index contributed by atoms with van der Waals surface area (Å²) >= 11 is 0. The van der Waals surface area contributed by atoms with Crippen molar-refractivity contribution in [1.82, 2.24) is 9.97 Å². The summed E-state index contributed by atoms with van der Waals surface area (Å²) in [4.78, 5) is 11.8. The molecule has 124 valence electrons. The van der Waals surface area contributed by atoms with Gasteiger partial charge >= 0.3 is 5.92 Å². The molecule has 1 spiro atoms. The summed E-state index contributed by atoms with van der Waals surface area (Å²) in [7, 11) is 0. The van der Waals surface area contributed by atoms with Gasteiger partial charge in [-0.1, -0.05) is 18.2 Å². The summed E-state index contributed by atoms with van der Waals surface area (Å²) in [6.07, 6.45) is 1.02. The lowest BCUT2D eigenvalue weighted by atomic mass is 9.76. The van der Waals surface area contributed by atoms with Crippen LogP contribution in [0.5, 0.6) is 5.75 Å². The number of aliphatic imine (C=N–C) groups is 1. The standard InChI is InChI=1S/C16H14F2N4O2/c17-16(18)12(13-20-7-3-8-21-13)24-14(19)22-15(16)6-9-23-11-5-2-1-4-10(11)15/h1-5,7-8,12H,6,9H2,(H2,19,22)/t12?,15-/m1/s1. The predicted molar refractivity (Wildman–Crippen MR) is 80.7 cm³/mol. The number of hydrogen-bond acceptors (Lipinski definition) is 6. The van der Waals surface area contributed by atoms with Crippen molar-refractivity contribution in [3.05, 3.63) is 54.1 Å². The van der Waals surface area contributed by atoms with E-state index < -0.39 is 17.6 Å². The van der Waals surface area contributed by atoms with Crippen molar-refractivity contribution in [1.29, 1.82) is 0 Å². The minimum Gasteiger partial charge on any atom is -0.493 e. The van der Waals surface area contributed by atoms with E-state index >= 15 is 8.78 Å². The van der Waals surface area contributed by atoms with Gasteiger partial charge in [0, 0.05) is 24.4 Å². The first-order valence-electron chi connectivity index (χ1n) is 7.44. The Kier molecular flexibility index (Phi) is 3.16. The highest BCUT2D eigenvalue weighted by molar-refractivity contribution is 5.74. The Morgan fingerprint density at radius 1 is 1.12 bits per heavy atom. The number of amidine groups is 1. The zero-order valence-corrected chi connectivity index (χ0v) is 12.5. The molecule has 0 radical (unpaired) electrons. The van der Waals surface area contributed by atoms with Gasteiger partial charge in [0.25, 0.3) is 6.02 Å². The van der Waals surface area contributed by atoms with E-state index in [0.717, 1.165) is 0 Å². The lowest BCUT2D eigenvalue weighted by Crippen LogP contribution is -2.56. The summed E-state index contributed by atoms with van der Waals surface area (Å²) in [6, 6.07) is 7.84. The lowest BCUT2D eigenvalue weighted by Gasteiger charge is -2.45. The van der Waals surface area contributed by atoms with Crippen molar-refractivity contribution in [2.45, 2.75) is 24.0 Å². The van der Waals surface area contributed by atoms with Crippen LogP contribution >= 0.6 is 0 Å². The Balaban J connectivity index is 1.92. The maximum Gasteiger partial charge on any atom is 0.320 e. The molecule has 6 nitrogen and oxygen atoms in total. The molecule has 0 amide bonds. The molecule has 0 fully saturated rings. The number of benzene rings is 1. The number of halogens is 2. The van der Waals surface area contributed by atoms with Crippen LogP contribution in [0.2, 0.25) is 0 Å². The van der Waals surface area contributed by atoms with Crippen molar-refractivity contribution < 1.29 is 18.3 Å². The molecule has 1 aromatic heterocycles.